The molecule has 4 rings (SSSR count). The maximum absolute atomic E-state index is 12.4. The number of esters is 1. The summed E-state index contributed by atoms with van der Waals surface area (Å²) in [5, 5.41) is 1.000. The topological polar surface area (TPSA) is 98.1 Å². The molecule has 0 aliphatic heterocycles. The van der Waals surface area contributed by atoms with Gasteiger partial charge in [0.15, 0.2) is 17.5 Å². The van der Waals surface area contributed by atoms with Crippen LogP contribution in [0.2, 0.25) is 0 Å². The molecule has 4 aromatic rings. The van der Waals surface area contributed by atoms with Gasteiger partial charge in [0.1, 0.15) is 16.1 Å². The molecule has 0 fully saturated rings. The number of thiophene rings is 1. The maximum Gasteiger partial charge on any atom is 0.317 e. The Labute approximate surface area is 168 Å². The molecular formula is C19H17N3O4S2. The van der Waals surface area contributed by atoms with Crippen molar-refractivity contribution < 1.29 is 13.9 Å². The fourth-order valence-electron chi connectivity index (χ4n) is 2.78. The molecule has 0 bridgehead atoms. The van der Waals surface area contributed by atoms with Gasteiger partial charge in [-0.1, -0.05) is 23.9 Å². The number of hydrogen-bond acceptors (Lipinski definition) is 8. The number of fused-ring (bicyclic) bond motifs is 2. The molecule has 0 spiro atoms. The van der Waals surface area contributed by atoms with E-state index in [-0.39, 0.29) is 11.3 Å². The summed E-state index contributed by atoms with van der Waals surface area (Å²) >= 11 is 2.62. The average Bonchev–Trinajstić information content (AvgIpc) is 3.20. The van der Waals surface area contributed by atoms with E-state index in [0.717, 1.165) is 27.7 Å². The lowest BCUT2D eigenvalue weighted by Crippen LogP contribution is -2.18. The number of para-hydroxylation sites is 2. The fourth-order valence-corrected chi connectivity index (χ4v) is 4.44. The first-order valence-corrected chi connectivity index (χ1v) is 10.4. The standard InChI is InChI=1S/C19H17N3O4S2/c1-9-11(3)28-18-15(9)17(24)21-16(22-18)10(2)25-14(23)8-27-19-20-12-6-4-5-7-13(12)26-19/h4-7,10H,8H2,1-3H3,(H,21,22,24)/t10-/m0/s1. The van der Waals surface area contributed by atoms with Crippen LogP contribution in [0.1, 0.15) is 29.3 Å². The Morgan fingerprint density at radius 1 is 1.32 bits per heavy atom. The van der Waals surface area contributed by atoms with Crippen LogP contribution in [0.5, 0.6) is 0 Å². The Morgan fingerprint density at radius 3 is 2.89 bits per heavy atom. The molecule has 0 saturated carbocycles. The van der Waals surface area contributed by atoms with Gasteiger partial charge < -0.3 is 14.1 Å². The minimum atomic E-state index is -0.670. The number of ether oxygens (including phenoxy) is 1. The Balaban J connectivity index is 1.44. The van der Waals surface area contributed by atoms with Crippen LogP contribution in [0.3, 0.4) is 0 Å². The molecule has 3 aromatic heterocycles. The third-order valence-corrected chi connectivity index (χ3v) is 6.24. The largest absolute Gasteiger partial charge is 0.454 e. The summed E-state index contributed by atoms with van der Waals surface area (Å²) in [4.78, 5) is 37.8. The third kappa shape index (κ3) is 3.55. The SMILES string of the molecule is Cc1sc2nc([C@H](C)OC(=O)CSc3nc4ccccc4o3)[nH]c(=O)c2c1C. The van der Waals surface area contributed by atoms with Gasteiger partial charge in [-0.25, -0.2) is 9.97 Å². The maximum atomic E-state index is 12.4. The summed E-state index contributed by atoms with van der Waals surface area (Å²) < 4.78 is 11.0. The highest BCUT2D eigenvalue weighted by Gasteiger charge is 2.19. The molecule has 0 amide bonds. The predicted octanol–water partition coefficient (Wildman–Crippen LogP) is 4.14. The van der Waals surface area contributed by atoms with Crippen LogP contribution >= 0.6 is 23.1 Å². The van der Waals surface area contributed by atoms with E-state index in [4.69, 9.17) is 9.15 Å². The summed E-state index contributed by atoms with van der Waals surface area (Å²) in [5.41, 5.74) is 2.12. The number of nitrogens with zero attached hydrogens (tertiary/aromatic N) is 2. The van der Waals surface area contributed by atoms with Gasteiger partial charge in [0.25, 0.3) is 10.8 Å². The monoisotopic (exact) mass is 415 g/mol. The summed E-state index contributed by atoms with van der Waals surface area (Å²) in [7, 11) is 0. The highest BCUT2D eigenvalue weighted by molar-refractivity contribution is 7.99. The van der Waals surface area contributed by atoms with E-state index in [1.807, 2.05) is 38.1 Å². The van der Waals surface area contributed by atoms with Crippen LogP contribution in [0.4, 0.5) is 0 Å². The van der Waals surface area contributed by atoms with Crippen LogP contribution in [0, 0.1) is 13.8 Å². The van der Waals surface area contributed by atoms with Crippen LogP contribution in [-0.4, -0.2) is 26.7 Å². The number of rotatable bonds is 5. The molecule has 9 heteroatoms. The molecule has 1 N–H and O–H groups in total. The van der Waals surface area contributed by atoms with Crippen LogP contribution in [-0.2, 0) is 9.53 Å². The number of oxazole rings is 1. The minimum absolute atomic E-state index is 0.0425. The molecule has 3 heterocycles. The van der Waals surface area contributed by atoms with Crippen molar-refractivity contribution in [1.82, 2.24) is 15.0 Å². The lowest BCUT2D eigenvalue weighted by Gasteiger charge is -2.12. The van der Waals surface area contributed by atoms with Gasteiger partial charge in [-0.05, 0) is 38.5 Å². The molecule has 28 heavy (non-hydrogen) atoms. The van der Waals surface area contributed by atoms with E-state index in [1.165, 1.54) is 11.3 Å². The van der Waals surface area contributed by atoms with E-state index in [1.54, 1.807) is 6.92 Å². The first-order chi connectivity index (χ1) is 13.4. The predicted molar refractivity (Wildman–Crippen MR) is 109 cm³/mol. The number of nitrogens with one attached hydrogen (secondary N) is 1. The van der Waals surface area contributed by atoms with Crippen molar-refractivity contribution in [2.24, 2.45) is 0 Å². The van der Waals surface area contributed by atoms with Gasteiger partial charge in [0.2, 0.25) is 0 Å². The smallest absolute Gasteiger partial charge is 0.317 e. The highest BCUT2D eigenvalue weighted by atomic mass is 32.2. The number of benzene rings is 1. The highest BCUT2D eigenvalue weighted by Crippen LogP contribution is 2.27. The van der Waals surface area contributed by atoms with Gasteiger partial charge in [-0.3, -0.25) is 9.59 Å². The van der Waals surface area contributed by atoms with Crippen molar-refractivity contribution >= 4 is 50.4 Å². The normalized spacial score (nSPS) is 12.5. The molecule has 0 saturated heterocycles. The molecule has 0 unspecified atom stereocenters. The van der Waals surface area contributed by atoms with Gasteiger partial charge in [0.05, 0.1) is 5.39 Å². The van der Waals surface area contributed by atoms with Crippen molar-refractivity contribution in [3.05, 3.63) is 50.9 Å². The molecule has 0 aliphatic carbocycles. The van der Waals surface area contributed by atoms with Gasteiger partial charge >= 0.3 is 5.97 Å². The number of H-pyrrole nitrogens is 1. The van der Waals surface area contributed by atoms with Crippen LogP contribution < -0.4 is 5.56 Å². The second-order valence-electron chi connectivity index (χ2n) is 6.28. The van der Waals surface area contributed by atoms with Crippen molar-refractivity contribution in [1.29, 1.82) is 0 Å². The number of aromatic nitrogens is 3. The molecule has 1 atom stereocenters. The van der Waals surface area contributed by atoms with Crippen molar-refractivity contribution in [3.63, 3.8) is 0 Å². The minimum Gasteiger partial charge on any atom is -0.454 e. The lowest BCUT2D eigenvalue weighted by molar-refractivity contribution is -0.145. The summed E-state index contributed by atoms with van der Waals surface area (Å²) in [6.45, 7) is 5.53. The zero-order chi connectivity index (χ0) is 19.8. The van der Waals surface area contributed by atoms with E-state index >= 15 is 0 Å². The molecule has 7 nitrogen and oxygen atoms in total. The van der Waals surface area contributed by atoms with Gasteiger partial charge in [0, 0.05) is 4.88 Å². The van der Waals surface area contributed by atoms with Gasteiger partial charge in [-0.15, -0.1) is 11.3 Å². The second kappa shape index (κ2) is 7.40. The molecular weight excluding hydrogens is 398 g/mol. The fraction of sp³-hybridized carbons (Fsp3) is 0.263. The number of carbonyl (C=O) groups is 1. The zero-order valence-corrected chi connectivity index (χ0v) is 17.1. The number of hydrogen-bond donors (Lipinski definition) is 1. The first kappa shape index (κ1) is 18.7. The molecule has 1 aromatic carbocycles. The molecule has 0 aliphatic rings. The van der Waals surface area contributed by atoms with E-state index in [0.29, 0.717) is 26.8 Å². The summed E-state index contributed by atoms with van der Waals surface area (Å²) in [6, 6.07) is 7.39. The number of aromatic amines is 1. The first-order valence-electron chi connectivity index (χ1n) is 8.60. The lowest BCUT2D eigenvalue weighted by atomic mass is 10.2. The molecule has 0 radical (unpaired) electrons. The van der Waals surface area contributed by atoms with Crippen LogP contribution in [0.15, 0.2) is 38.7 Å². The van der Waals surface area contributed by atoms with Crippen molar-refractivity contribution in [3.8, 4) is 0 Å². The summed E-state index contributed by atoms with van der Waals surface area (Å²) in [5.74, 6) is -0.0686. The number of aryl methyl sites for hydroxylation is 2. The van der Waals surface area contributed by atoms with Gasteiger partial charge in [-0.2, -0.15) is 0 Å². The Kier molecular flexibility index (Phi) is 4.94. The average molecular weight is 415 g/mol. The van der Waals surface area contributed by atoms with E-state index in [9.17, 15) is 9.59 Å². The third-order valence-electron chi connectivity index (χ3n) is 4.34. The number of thioether (sulfide) groups is 1. The Hall–Kier alpha value is -2.65. The quantitative estimate of drug-likeness (QED) is 0.386. The van der Waals surface area contributed by atoms with Crippen molar-refractivity contribution in [2.75, 3.05) is 5.75 Å². The van der Waals surface area contributed by atoms with E-state index in [2.05, 4.69) is 15.0 Å². The Bertz CT molecular complexity index is 1210. The zero-order valence-electron chi connectivity index (χ0n) is 15.4. The number of carbonyl (C=O) groups excluding carboxylic acids is 1. The summed E-state index contributed by atoms with van der Waals surface area (Å²) in [6.07, 6.45) is -0.670. The van der Waals surface area contributed by atoms with Crippen molar-refractivity contribution in [2.45, 2.75) is 32.1 Å². The molecule has 144 valence electrons. The van der Waals surface area contributed by atoms with Crippen LogP contribution in [0.25, 0.3) is 21.3 Å². The van der Waals surface area contributed by atoms with E-state index < -0.39 is 12.1 Å². The second-order valence-corrected chi connectivity index (χ2v) is 8.41. The Morgan fingerprint density at radius 2 is 2.11 bits per heavy atom.